The molecule has 0 unspecified atom stereocenters. The van der Waals surface area contributed by atoms with Crippen molar-refractivity contribution in [2.75, 3.05) is 0 Å². The molecule has 0 spiro atoms. The molecule has 3 aromatic rings. The molecule has 1 N–H and O–H groups in total. The molecule has 3 rings (SSSR count). The fourth-order valence-electron chi connectivity index (χ4n) is 2.03. The van der Waals surface area contributed by atoms with Crippen molar-refractivity contribution >= 4 is 12.2 Å². The summed E-state index contributed by atoms with van der Waals surface area (Å²) >= 11 is 5.30. The van der Waals surface area contributed by atoms with Gasteiger partial charge in [-0.3, -0.25) is 19.6 Å². The Bertz CT molecular complexity index is 776. The molecule has 0 aliphatic carbocycles. The molecule has 0 aliphatic heterocycles. The summed E-state index contributed by atoms with van der Waals surface area (Å²) in [6, 6.07) is 9.78. The Morgan fingerprint density at radius 2 is 2.15 bits per heavy atom. The van der Waals surface area contributed by atoms with E-state index < -0.39 is 0 Å². The number of aromatic amines is 1. The smallest absolute Gasteiger partial charge is 0.195 e. The first-order chi connectivity index (χ1) is 9.74. The number of hydrogen-bond donors (Lipinski definition) is 1. The molecule has 0 radical (unpaired) electrons. The number of nitrogens with zero attached hydrogens (tertiary/aromatic N) is 4. The number of H-pyrrole nitrogens is 1. The van der Waals surface area contributed by atoms with E-state index >= 15 is 0 Å². The minimum Gasteiger partial charge on any atom is -0.294 e. The first kappa shape index (κ1) is 12.7. The van der Waals surface area contributed by atoms with Gasteiger partial charge in [0.2, 0.25) is 0 Å². The van der Waals surface area contributed by atoms with Crippen LogP contribution < -0.4 is 0 Å². The third-order valence-corrected chi connectivity index (χ3v) is 3.26. The highest BCUT2D eigenvalue weighted by Gasteiger charge is 2.09. The molecule has 0 aromatic carbocycles. The molecule has 0 atom stereocenters. The lowest BCUT2D eigenvalue weighted by atomic mass is 10.2. The van der Waals surface area contributed by atoms with E-state index in [1.54, 1.807) is 12.4 Å². The molecule has 6 heteroatoms. The van der Waals surface area contributed by atoms with Gasteiger partial charge in [0, 0.05) is 23.7 Å². The van der Waals surface area contributed by atoms with Crippen LogP contribution in [0.2, 0.25) is 0 Å². The summed E-state index contributed by atoms with van der Waals surface area (Å²) in [5.41, 5.74) is 2.86. The summed E-state index contributed by atoms with van der Waals surface area (Å²) in [6.45, 7) is 2.56. The third kappa shape index (κ3) is 2.50. The monoisotopic (exact) mass is 283 g/mol. The Hall–Kier alpha value is -2.34. The zero-order valence-electron chi connectivity index (χ0n) is 10.9. The molecule has 3 heterocycles. The van der Waals surface area contributed by atoms with Gasteiger partial charge in [0.25, 0.3) is 0 Å². The van der Waals surface area contributed by atoms with Gasteiger partial charge in [0.1, 0.15) is 0 Å². The van der Waals surface area contributed by atoms with E-state index in [9.17, 15) is 0 Å². The normalized spacial score (nSPS) is 10.7. The highest BCUT2D eigenvalue weighted by atomic mass is 32.1. The topological polar surface area (TPSA) is 59.4 Å². The van der Waals surface area contributed by atoms with Gasteiger partial charge in [0.15, 0.2) is 10.6 Å². The van der Waals surface area contributed by atoms with E-state index in [0.717, 1.165) is 22.8 Å². The van der Waals surface area contributed by atoms with Crippen LogP contribution in [-0.2, 0) is 6.54 Å². The second kappa shape index (κ2) is 5.34. The highest BCUT2D eigenvalue weighted by Crippen LogP contribution is 2.16. The minimum absolute atomic E-state index is 0.576. The van der Waals surface area contributed by atoms with Crippen molar-refractivity contribution in [2.45, 2.75) is 13.5 Å². The number of hydrogen-bond acceptors (Lipinski definition) is 4. The molecule has 20 heavy (non-hydrogen) atoms. The summed E-state index contributed by atoms with van der Waals surface area (Å²) in [5, 5.41) is 7.11. The van der Waals surface area contributed by atoms with Crippen LogP contribution in [0.4, 0.5) is 0 Å². The summed E-state index contributed by atoms with van der Waals surface area (Å²) in [4.78, 5) is 8.62. The van der Waals surface area contributed by atoms with Gasteiger partial charge in [-0.15, -0.1) is 0 Å². The van der Waals surface area contributed by atoms with Crippen LogP contribution >= 0.6 is 12.2 Å². The minimum atomic E-state index is 0.576. The molecule has 0 saturated heterocycles. The van der Waals surface area contributed by atoms with Crippen LogP contribution in [0.3, 0.4) is 0 Å². The fourth-order valence-corrected chi connectivity index (χ4v) is 2.23. The third-order valence-electron chi connectivity index (χ3n) is 2.94. The van der Waals surface area contributed by atoms with Gasteiger partial charge in [-0.2, -0.15) is 5.10 Å². The standard InChI is InChI=1S/C14H13N5S/c1-10-4-2-6-12(16-10)9-19-13(17-18-14(19)20)11-5-3-7-15-8-11/h2-8H,9H2,1H3,(H,18,20). The molecule has 0 saturated carbocycles. The number of nitrogens with one attached hydrogen (secondary N) is 1. The van der Waals surface area contributed by atoms with Crippen LogP contribution in [0.15, 0.2) is 42.7 Å². The van der Waals surface area contributed by atoms with Crippen molar-refractivity contribution < 1.29 is 0 Å². The van der Waals surface area contributed by atoms with Crippen LogP contribution in [0, 0.1) is 11.7 Å². The number of pyridine rings is 2. The Morgan fingerprint density at radius 1 is 1.25 bits per heavy atom. The lowest BCUT2D eigenvalue weighted by molar-refractivity contribution is 0.763. The van der Waals surface area contributed by atoms with Crippen LogP contribution in [-0.4, -0.2) is 24.7 Å². The Kier molecular flexibility index (Phi) is 3.39. The molecule has 3 aromatic heterocycles. The van der Waals surface area contributed by atoms with Crippen molar-refractivity contribution in [1.29, 1.82) is 0 Å². The maximum atomic E-state index is 5.30. The first-order valence-electron chi connectivity index (χ1n) is 6.22. The van der Waals surface area contributed by atoms with E-state index in [1.807, 2.05) is 41.8 Å². The molecule has 100 valence electrons. The van der Waals surface area contributed by atoms with Crippen LogP contribution in [0.5, 0.6) is 0 Å². The molecular weight excluding hydrogens is 270 g/mol. The Morgan fingerprint density at radius 3 is 2.90 bits per heavy atom. The molecule has 0 aliphatic rings. The SMILES string of the molecule is Cc1cccc(Cn2c(-c3cccnc3)n[nH]c2=S)n1. The van der Waals surface area contributed by atoms with Gasteiger partial charge in [-0.05, 0) is 43.4 Å². The highest BCUT2D eigenvalue weighted by molar-refractivity contribution is 7.71. The van der Waals surface area contributed by atoms with Gasteiger partial charge in [-0.1, -0.05) is 6.07 Å². The molecule has 0 amide bonds. The summed E-state index contributed by atoms with van der Waals surface area (Å²) in [5.74, 6) is 0.770. The summed E-state index contributed by atoms with van der Waals surface area (Å²) in [6.07, 6.45) is 3.50. The zero-order chi connectivity index (χ0) is 13.9. The van der Waals surface area contributed by atoms with Gasteiger partial charge < -0.3 is 0 Å². The van der Waals surface area contributed by atoms with Gasteiger partial charge >= 0.3 is 0 Å². The second-order valence-corrected chi connectivity index (χ2v) is 4.84. The number of aryl methyl sites for hydroxylation is 1. The zero-order valence-corrected chi connectivity index (χ0v) is 11.8. The Labute approximate surface area is 121 Å². The second-order valence-electron chi connectivity index (χ2n) is 4.45. The maximum absolute atomic E-state index is 5.30. The molecule has 0 bridgehead atoms. The lowest BCUT2D eigenvalue weighted by Crippen LogP contribution is -2.04. The summed E-state index contributed by atoms with van der Waals surface area (Å²) in [7, 11) is 0. The fraction of sp³-hybridized carbons (Fsp3) is 0.143. The average molecular weight is 283 g/mol. The molecule has 0 fully saturated rings. The van der Waals surface area contributed by atoms with E-state index in [2.05, 4.69) is 20.2 Å². The van der Waals surface area contributed by atoms with Crippen LogP contribution in [0.25, 0.3) is 11.4 Å². The van der Waals surface area contributed by atoms with Crippen molar-refractivity contribution in [3.05, 3.63) is 58.9 Å². The van der Waals surface area contributed by atoms with Crippen molar-refractivity contribution in [1.82, 2.24) is 24.7 Å². The average Bonchev–Trinajstić information content (AvgIpc) is 2.81. The predicted molar refractivity (Wildman–Crippen MR) is 78.7 cm³/mol. The van der Waals surface area contributed by atoms with E-state index in [1.165, 1.54) is 0 Å². The van der Waals surface area contributed by atoms with E-state index in [0.29, 0.717) is 11.3 Å². The molecule has 5 nitrogen and oxygen atoms in total. The van der Waals surface area contributed by atoms with E-state index in [-0.39, 0.29) is 0 Å². The van der Waals surface area contributed by atoms with Crippen molar-refractivity contribution in [2.24, 2.45) is 0 Å². The van der Waals surface area contributed by atoms with E-state index in [4.69, 9.17) is 12.2 Å². The first-order valence-corrected chi connectivity index (χ1v) is 6.63. The predicted octanol–water partition coefficient (Wildman–Crippen LogP) is 2.75. The number of aromatic nitrogens is 5. The maximum Gasteiger partial charge on any atom is 0.195 e. The van der Waals surface area contributed by atoms with Crippen LogP contribution in [0.1, 0.15) is 11.4 Å². The van der Waals surface area contributed by atoms with Gasteiger partial charge in [-0.25, -0.2) is 0 Å². The number of rotatable bonds is 3. The quantitative estimate of drug-likeness (QED) is 0.751. The lowest BCUT2D eigenvalue weighted by Gasteiger charge is -2.06. The van der Waals surface area contributed by atoms with Crippen molar-refractivity contribution in [3.63, 3.8) is 0 Å². The molecular formula is C14H13N5S. The Balaban J connectivity index is 2.02. The van der Waals surface area contributed by atoms with Crippen molar-refractivity contribution in [3.8, 4) is 11.4 Å². The van der Waals surface area contributed by atoms with Gasteiger partial charge in [0.05, 0.1) is 12.2 Å². The summed E-state index contributed by atoms with van der Waals surface area (Å²) < 4.78 is 2.50. The largest absolute Gasteiger partial charge is 0.294 e.